The maximum atomic E-state index is 12.6. The summed E-state index contributed by atoms with van der Waals surface area (Å²) in [5.74, 6) is 0. The molecule has 6 nitrogen and oxygen atoms in total. The first-order valence-electron chi connectivity index (χ1n) is 6.67. The number of pyridine rings is 1. The zero-order chi connectivity index (χ0) is 17.3. The summed E-state index contributed by atoms with van der Waals surface area (Å²) in [5, 5.41) is 10.9. The van der Waals surface area contributed by atoms with Crippen LogP contribution in [-0.4, -0.2) is 19.5 Å². The molecule has 1 aromatic carbocycles. The zero-order valence-electron chi connectivity index (χ0n) is 11.9. The predicted molar refractivity (Wildman–Crippen MR) is 78.5 cm³/mol. The van der Waals surface area contributed by atoms with E-state index in [0.717, 1.165) is 12.3 Å². The van der Waals surface area contributed by atoms with Gasteiger partial charge in [-0.05, 0) is 12.1 Å². The van der Waals surface area contributed by atoms with Gasteiger partial charge in [-0.3, -0.25) is 14.7 Å². The Morgan fingerprint density at radius 3 is 2.54 bits per heavy atom. The van der Waals surface area contributed by atoms with Crippen LogP contribution in [0.25, 0.3) is 16.9 Å². The van der Waals surface area contributed by atoms with Crippen molar-refractivity contribution in [2.24, 2.45) is 0 Å². The van der Waals surface area contributed by atoms with E-state index in [2.05, 4.69) is 9.97 Å². The summed E-state index contributed by atoms with van der Waals surface area (Å²) < 4.78 is 39.2. The van der Waals surface area contributed by atoms with Crippen molar-refractivity contribution in [2.75, 3.05) is 0 Å². The minimum atomic E-state index is -4.52. The van der Waals surface area contributed by atoms with Gasteiger partial charge in [0.15, 0.2) is 0 Å². The fourth-order valence-corrected chi connectivity index (χ4v) is 2.19. The van der Waals surface area contributed by atoms with Gasteiger partial charge in [0, 0.05) is 17.7 Å². The van der Waals surface area contributed by atoms with E-state index in [1.54, 1.807) is 6.07 Å². The number of nitro benzene ring substituents is 1. The van der Waals surface area contributed by atoms with E-state index >= 15 is 0 Å². The van der Waals surface area contributed by atoms with Crippen molar-refractivity contribution in [2.45, 2.75) is 6.18 Å². The molecule has 0 spiro atoms. The molecule has 0 bridgehead atoms. The Kier molecular flexibility index (Phi) is 3.76. The van der Waals surface area contributed by atoms with E-state index < -0.39 is 16.8 Å². The van der Waals surface area contributed by atoms with Crippen molar-refractivity contribution >= 4 is 5.69 Å². The first kappa shape index (κ1) is 15.7. The van der Waals surface area contributed by atoms with E-state index in [-0.39, 0.29) is 5.69 Å². The standard InChI is InChI=1S/C15H9F3N4O2/c16-15(17,18)14-5-4-12(7-20-14)21-9-19-8-13(21)10-2-1-3-11(6-10)22(23)24/h1-9H. The van der Waals surface area contributed by atoms with Gasteiger partial charge in [-0.1, -0.05) is 12.1 Å². The molecule has 2 aromatic heterocycles. The van der Waals surface area contributed by atoms with Gasteiger partial charge in [0.1, 0.15) is 5.69 Å². The second kappa shape index (κ2) is 5.76. The number of halogens is 3. The van der Waals surface area contributed by atoms with Crippen molar-refractivity contribution < 1.29 is 18.1 Å². The van der Waals surface area contributed by atoms with Crippen LogP contribution < -0.4 is 0 Å². The maximum absolute atomic E-state index is 12.6. The molecule has 0 aliphatic rings. The molecule has 0 radical (unpaired) electrons. The molecule has 3 aromatic rings. The van der Waals surface area contributed by atoms with Crippen molar-refractivity contribution in [3.05, 3.63) is 70.9 Å². The molecule has 0 aliphatic heterocycles. The van der Waals surface area contributed by atoms with Gasteiger partial charge in [0.2, 0.25) is 0 Å². The van der Waals surface area contributed by atoms with Crippen LogP contribution in [-0.2, 0) is 6.18 Å². The third kappa shape index (κ3) is 2.96. The molecule has 0 saturated carbocycles. The fraction of sp³-hybridized carbons (Fsp3) is 0.0667. The van der Waals surface area contributed by atoms with Crippen molar-refractivity contribution in [3.8, 4) is 16.9 Å². The Morgan fingerprint density at radius 2 is 1.92 bits per heavy atom. The number of benzene rings is 1. The molecule has 2 heterocycles. The summed E-state index contributed by atoms with van der Waals surface area (Å²) >= 11 is 0. The zero-order valence-corrected chi connectivity index (χ0v) is 11.9. The van der Waals surface area contributed by atoms with Crippen LogP contribution in [0.2, 0.25) is 0 Å². The third-order valence-corrected chi connectivity index (χ3v) is 3.31. The van der Waals surface area contributed by atoms with Crippen molar-refractivity contribution in [1.82, 2.24) is 14.5 Å². The molecule has 24 heavy (non-hydrogen) atoms. The maximum Gasteiger partial charge on any atom is 0.433 e. The first-order chi connectivity index (χ1) is 11.4. The summed E-state index contributed by atoms with van der Waals surface area (Å²) in [4.78, 5) is 17.7. The predicted octanol–water partition coefficient (Wildman–Crippen LogP) is 3.86. The first-order valence-corrected chi connectivity index (χ1v) is 6.67. The molecule has 0 fully saturated rings. The normalized spacial score (nSPS) is 11.5. The van der Waals surface area contributed by atoms with E-state index in [4.69, 9.17) is 0 Å². The van der Waals surface area contributed by atoms with Crippen LogP contribution in [0, 0.1) is 10.1 Å². The van der Waals surface area contributed by atoms with E-state index in [0.29, 0.717) is 16.9 Å². The molecule has 0 N–H and O–H groups in total. The van der Waals surface area contributed by atoms with Crippen molar-refractivity contribution in [1.29, 1.82) is 0 Å². The molecule has 0 amide bonds. The van der Waals surface area contributed by atoms with Gasteiger partial charge >= 0.3 is 6.18 Å². The lowest BCUT2D eigenvalue weighted by Crippen LogP contribution is -2.08. The smallest absolute Gasteiger partial charge is 0.297 e. The van der Waals surface area contributed by atoms with Crippen LogP contribution in [0.15, 0.2) is 55.1 Å². The molecule has 0 atom stereocenters. The number of hydrogen-bond acceptors (Lipinski definition) is 4. The van der Waals surface area contributed by atoms with Crippen molar-refractivity contribution in [3.63, 3.8) is 0 Å². The van der Waals surface area contributed by atoms with Gasteiger partial charge in [-0.2, -0.15) is 13.2 Å². The number of hydrogen-bond donors (Lipinski definition) is 0. The molecular formula is C15H9F3N4O2. The molecule has 9 heteroatoms. The SMILES string of the molecule is O=[N+]([O-])c1cccc(-c2cncn2-c2ccc(C(F)(F)F)nc2)c1. The Bertz CT molecular complexity index is 888. The highest BCUT2D eigenvalue weighted by Crippen LogP contribution is 2.29. The van der Waals surface area contributed by atoms with Gasteiger partial charge in [0.05, 0.1) is 35.0 Å². The number of non-ortho nitro benzene ring substituents is 1. The second-order valence-corrected chi connectivity index (χ2v) is 4.86. The minimum absolute atomic E-state index is 0.0919. The molecule has 0 unspecified atom stereocenters. The number of nitro groups is 1. The molecule has 0 saturated heterocycles. The lowest BCUT2D eigenvalue weighted by atomic mass is 10.1. The summed E-state index contributed by atoms with van der Waals surface area (Å²) in [5.41, 5.74) is 0.290. The average Bonchev–Trinajstić information content (AvgIpc) is 3.04. The monoisotopic (exact) mass is 334 g/mol. The number of rotatable bonds is 3. The molecule has 0 aliphatic carbocycles. The van der Waals surface area contributed by atoms with E-state index in [9.17, 15) is 23.3 Å². The largest absolute Gasteiger partial charge is 0.433 e. The van der Waals surface area contributed by atoms with Crippen LogP contribution >= 0.6 is 0 Å². The summed E-state index contributed by atoms with van der Waals surface area (Å²) in [6, 6.07) is 8.02. The van der Waals surface area contributed by atoms with Gasteiger partial charge in [-0.25, -0.2) is 9.97 Å². The Labute approximate surface area is 133 Å². The highest BCUT2D eigenvalue weighted by molar-refractivity contribution is 5.64. The Morgan fingerprint density at radius 1 is 1.12 bits per heavy atom. The number of imidazole rings is 1. The topological polar surface area (TPSA) is 73.8 Å². The molecule has 122 valence electrons. The summed E-state index contributed by atoms with van der Waals surface area (Å²) in [6.45, 7) is 0. The van der Waals surface area contributed by atoms with E-state index in [1.807, 2.05) is 0 Å². The van der Waals surface area contributed by atoms with Crippen LogP contribution in [0.5, 0.6) is 0 Å². The van der Waals surface area contributed by atoms with E-state index in [1.165, 1.54) is 41.4 Å². The average molecular weight is 334 g/mol. The van der Waals surface area contributed by atoms with Crippen LogP contribution in [0.4, 0.5) is 18.9 Å². The van der Waals surface area contributed by atoms with Crippen LogP contribution in [0.3, 0.4) is 0 Å². The van der Waals surface area contributed by atoms with Gasteiger partial charge < -0.3 is 0 Å². The fourth-order valence-electron chi connectivity index (χ4n) is 2.19. The second-order valence-electron chi connectivity index (χ2n) is 4.86. The number of aromatic nitrogens is 3. The third-order valence-electron chi connectivity index (χ3n) is 3.31. The summed E-state index contributed by atoms with van der Waals surface area (Å²) in [7, 11) is 0. The minimum Gasteiger partial charge on any atom is -0.297 e. The quantitative estimate of drug-likeness (QED) is 0.538. The summed E-state index contributed by atoms with van der Waals surface area (Å²) in [6.07, 6.45) is -0.573. The number of nitrogens with zero attached hydrogens (tertiary/aromatic N) is 4. The Hall–Kier alpha value is -3.23. The lowest BCUT2D eigenvalue weighted by Gasteiger charge is -2.10. The van der Waals surface area contributed by atoms with Gasteiger partial charge in [-0.15, -0.1) is 0 Å². The molecular weight excluding hydrogens is 325 g/mol. The Balaban J connectivity index is 2.02. The van der Waals surface area contributed by atoms with Gasteiger partial charge in [0.25, 0.3) is 5.69 Å². The highest BCUT2D eigenvalue weighted by atomic mass is 19.4. The highest BCUT2D eigenvalue weighted by Gasteiger charge is 2.32. The van der Waals surface area contributed by atoms with Crippen LogP contribution in [0.1, 0.15) is 5.69 Å². The molecule has 3 rings (SSSR count). The number of alkyl halides is 3. The lowest BCUT2D eigenvalue weighted by molar-refractivity contribution is -0.384.